The SMILES string of the molecule is CCCCC/C=C\C/C=C\CCCCCCCC(=O)OCCN(CCO)CCCCCC(=O)OCCC(OCCCCCCC)OCCCCCCC. The van der Waals surface area contributed by atoms with Gasteiger partial charge in [0.2, 0.25) is 0 Å². The second-order valence-corrected chi connectivity index (χ2v) is 14.6. The summed E-state index contributed by atoms with van der Waals surface area (Å²) in [6.45, 7) is 10.7. The lowest BCUT2D eigenvalue weighted by Crippen LogP contribution is -2.32. The number of aliphatic hydroxyl groups excluding tert-OH is 1. The average molecular weight is 752 g/mol. The minimum atomic E-state index is -0.317. The van der Waals surface area contributed by atoms with E-state index in [2.05, 4.69) is 50.0 Å². The van der Waals surface area contributed by atoms with E-state index in [4.69, 9.17) is 18.9 Å². The molecular weight excluding hydrogens is 666 g/mol. The normalized spacial score (nSPS) is 11.9. The van der Waals surface area contributed by atoms with E-state index in [1.807, 2.05) is 0 Å². The Balaban J connectivity index is 3.98. The van der Waals surface area contributed by atoms with Crippen LogP contribution in [0.3, 0.4) is 0 Å². The van der Waals surface area contributed by atoms with Crippen molar-refractivity contribution in [3.05, 3.63) is 24.3 Å². The highest BCUT2D eigenvalue weighted by Crippen LogP contribution is 2.12. The fraction of sp³-hybridized carbons (Fsp3) is 0.867. The molecule has 53 heavy (non-hydrogen) atoms. The van der Waals surface area contributed by atoms with Gasteiger partial charge in [0.1, 0.15) is 6.61 Å². The number of hydrogen-bond acceptors (Lipinski definition) is 8. The molecule has 0 fully saturated rings. The smallest absolute Gasteiger partial charge is 0.305 e. The van der Waals surface area contributed by atoms with Crippen LogP contribution < -0.4 is 0 Å². The van der Waals surface area contributed by atoms with Gasteiger partial charge < -0.3 is 24.1 Å². The number of carbonyl (C=O) groups is 2. The Bertz CT molecular complexity index is 818. The Kier molecular flexibility index (Phi) is 41.6. The minimum Gasteiger partial charge on any atom is -0.465 e. The number of carbonyl (C=O) groups excluding carboxylic acids is 2. The molecule has 0 amide bonds. The van der Waals surface area contributed by atoms with Crippen LogP contribution in [0, 0.1) is 0 Å². The molecule has 0 aliphatic carbocycles. The summed E-state index contributed by atoms with van der Waals surface area (Å²) in [7, 11) is 0. The summed E-state index contributed by atoms with van der Waals surface area (Å²) in [6, 6.07) is 0. The van der Waals surface area contributed by atoms with E-state index in [1.165, 1.54) is 89.9 Å². The summed E-state index contributed by atoms with van der Waals surface area (Å²) < 4.78 is 23.0. The molecular formula is C45H85NO7. The molecule has 0 spiro atoms. The molecule has 312 valence electrons. The molecule has 0 bridgehead atoms. The van der Waals surface area contributed by atoms with Gasteiger partial charge in [0.05, 0.1) is 13.2 Å². The summed E-state index contributed by atoms with van der Waals surface area (Å²) in [5.74, 6) is -0.307. The van der Waals surface area contributed by atoms with Crippen LogP contribution in [0.4, 0.5) is 0 Å². The molecule has 0 aromatic rings. The van der Waals surface area contributed by atoms with Crippen LogP contribution >= 0.6 is 0 Å². The minimum absolute atomic E-state index is 0.0678. The highest BCUT2D eigenvalue weighted by Gasteiger charge is 2.12. The maximum absolute atomic E-state index is 12.4. The predicted molar refractivity (Wildman–Crippen MR) is 221 cm³/mol. The maximum Gasteiger partial charge on any atom is 0.305 e. The van der Waals surface area contributed by atoms with Gasteiger partial charge >= 0.3 is 11.9 Å². The third kappa shape index (κ3) is 39.8. The number of ether oxygens (including phenoxy) is 4. The average Bonchev–Trinajstić information content (AvgIpc) is 3.15. The molecule has 0 aromatic carbocycles. The van der Waals surface area contributed by atoms with Crippen molar-refractivity contribution >= 4 is 11.9 Å². The van der Waals surface area contributed by atoms with Crippen molar-refractivity contribution in [3.8, 4) is 0 Å². The molecule has 0 heterocycles. The Morgan fingerprint density at radius 2 is 0.981 bits per heavy atom. The lowest BCUT2D eigenvalue weighted by Gasteiger charge is -2.21. The topological polar surface area (TPSA) is 94.5 Å². The van der Waals surface area contributed by atoms with Crippen LogP contribution in [0.25, 0.3) is 0 Å². The number of esters is 2. The maximum atomic E-state index is 12.4. The van der Waals surface area contributed by atoms with Crippen LogP contribution in [0.15, 0.2) is 24.3 Å². The van der Waals surface area contributed by atoms with Crippen molar-refractivity contribution in [2.45, 2.75) is 200 Å². The zero-order chi connectivity index (χ0) is 38.7. The van der Waals surface area contributed by atoms with E-state index in [9.17, 15) is 14.7 Å². The molecule has 0 atom stereocenters. The second kappa shape index (κ2) is 43.0. The molecule has 0 aliphatic heterocycles. The van der Waals surface area contributed by atoms with Gasteiger partial charge in [-0.25, -0.2) is 0 Å². The first kappa shape index (κ1) is 51.3. The molecule has 0 aliphatic rings. The number of aliphatic hydroxyl groups is 1. The molecule has 0 unspecified atom stereocenters. The van der Waals surface area contributed by atoms with Crippen LogP contribution in [-0.2, 0) is 28.5 Å². The van der Waals surface area contributed by atoms with E-state index < -0.39 is 0 Å². The highest BCUT2D eigenvalue weighted by molar-refractivity contribution is 5.69. The van der Waals surface area contributed by atoms with Gasteiger partial charge in [-0.15, -0.1) is 0 Å². The van der Waals surface area contributed by atoms with Gasteiger partial charge in [0, 0.05) is 45.6 Å². The van der Waals surface area contributed by atoms with Crippen LogP contribution in [0.1, 0.15) is 194 Å². The summed E-state index contributed by atoms with van der Waals surface area (Å²) in [4.78, 5) is 26.7. The van der Waals surface area contributed by atoms with Crippen molar-refractivity contribution in [1.29, 1.82) is 0 Å². The fourth-order valence-corrected chi connectivity index (χ4v) is 6.10. The zero-order valence-electron chi connectivity index (χ0n) is 35.0. The number of nitrogens with zero attached hydrogens (tertiary/aromatic N) is 1. The second-order valence-electron chi connectivity index (χ2n) is 14.6. The third-order valence-electron chi connectivity index (χ3n) is 9.49. The van der Waals surface area contributed by atoms with Crippen molar-refractivity contribution in [2.75, 3.05) is 52.7 Å². The summed E-state index contributed by atoms with van der Waals surface area (Å²) in [5, 5.41) is 9.49. The van der Waals surface area contributed by atoms with Crippen LogP contribution in [0.5, 0.6) is 0 Å². The standard InChI is InChI=1S/C45H85NO7/c1-4-7-10-13-14-15-16-17-18-19-20-21-22-23-27-32-44(49)51-42-37-46(36-38-47)35-29-26-28-33-43(48)50-41-34-45(52-39-30-24-11-8-5-2)53-40-31-25-12-9-6-3/h14-15,17-18,45,47H,4-13,16,19-42H2,1-3H3/b15-14-,18-17-. The largest absolute Gasteiger partial charge is 0.465 e. The Labute approximate surface area is 327 Å². The van der Waals surface area contributed by atoms with Gasteiger partial charge in [0.25, 0.3) is 0 Å². The van der Waals surface area contributed by atoms with Gasteiger partial charge in [-0.2, -0.15) is 0 Å². The Morgan fingerprint density at radius 1 is 0.509 bits per heavy atom. The monoisotopic (exact) mass is 752 g/mol. The number of rotatable bonds is 42. The van der Waals surface area contributed by atoms with Gasteiger partial charge in [-0.1, -0.05) is 135 Å². The van der Waals surface area contributed by atoms with E-state index in [0.29, 0.717) is 58.8 Å². The molecule has 8 nitrogen and oxygen atoms in total. The molecule has 0 rings (SSSR count). The Hall–Kier alpha value is -1.74. The van der Waals surface area contributed by atoms with Crippen molar-refractivity contribution in [1.82, 2.24) is 4.90 Å². The van der Waals surface area contributed by atoms with E-state index in [0.717, 1.165) is 70.8 Å². The first-order valence-electron chi connectivity index (χ1n) is 22.2. The van der Waals surface area contributed by atoms with Crippen molar-refractivity contribution in [3.63, 3.8) is 0 Å². The third-order valence-corrected chi connectivity index (χ3v) is 9.49. The summed E-state index contributed by atoms with van der Waals surface area (Å²) in [5.41, 5.74) is 0. The zero-order valence-corrected chi connectivity index (χ0v) is 35.0. The highest BCUT2D eigenvalue weighted by atomic mass is 16.7. The van der Waals surface area contributed by atoms with Gasteiger partial charge in [-0.05, 0) is 70.8 Å². The van der Waals surface area contributed by atoms with Crippen molar-refractivity contribution in [2.24, 2.45) is 0 Å². The first-order chi connectivity index (χ1) is 26.1. The number of unbranched alkanes of at least 4 members (excludes halogenated alkanes) is 18. The fourth-order valence-electron chi connectivity index (χ4n) is 6.10. The lowest BCUT2D eigenvalue weighted by molar-refractivity contribution is -0.161. The summed E-state index contributed by atoms with van der Waals surface area (Å²) in [6.07, 6.45) is 37.5. The van der Waals surface area contributed by atoms with Crippen LogP contribution in [0.2, 0.25) is 0 Å². The number of allylic oxidation sites excluding steroid dienone is 4. The van der Waals surface area contributed by atoms with Gasteiger partial charge in [-0.3, -0.25) is 14.5 Å². The predicted octanol–water partition coefficient (Wildman–Crippen LogP) is 11.4. The Morgan fingerprint density at radius 3 is 1.57 bits per heavy atom. The molecule has 0 radical (unpaired) electrons. The van der Waals surface area contributed by atoms with E-state index in [-0.39, 0.29) is 24.8 Å². The summed E-state index contributed by atoms with van der Waals surface area (Å²) >= 11 is 0. The quantitative estimate of drug-likeness (QED) is 0.0285. The molecule has 1 N–H and O–H groups in total. The molecule has 8 heteroatoms. The molecule has 0 saturated heterocycles. The molecule has 0 saturated carbocycles. The molecule has 0 aromatic heterocycles. The van der Waals surface area contributed by atoms with Gasteiger partial charge in [0.15, 0.2) is 6.29 Å². The number of hydrogen-bond donors (Lipinski definition) is 1. The first-order valence-corrected chi connectivity index (χ1v) is 22.2. The van der Waals surface area contributed by atoms with E-state index >= 15 is 0 Å². The van der Waals surface area contributed by atoms with Crippen LogP contribution in [-0.4, -0.2) is 80.9 Å². The van der Waals surface area contributed by atoms with E-state index in [1.54, 1.807) is 0 Å². The van der Waals surface area contributed by atoms with Crippen molar-refractivity contribution < 1.29 is 33.6 Å². The lowest BCUT2D eigenvalue weighted by atomic mass is 10.1.